The highest BCUT2D eigenvalue weighted by atomic mass is 32.1. The van der Waals surface area contributed by atoms with E-state index in [2.05, 4.69) is 4.98 Å². The Bertz CT molecular complexity index is 803. The predicted molar refractivity (Wildman–Crippen MR) is 81.5 cm³/mol. The summed E-state index contributed by atoms with van der Waals surface area (Å²) in [6, 6.07) is 5.39. The number of nitrogens with zero attached hydrogens (tertiary/aromatic N) is 1. The first-order valence-corrected chi connectivity index (χ1v) is 7.44. The van der Waals surface area contributed by atoms with Gasteiger partial charge < -0.3 is 9.88 Å². The van der Waals surface area contributed by atoms with Crippen molar-refractivity contribution in [1.82, 2.24) is 4.98 Å². The minimum atomic E-state index is -0.220. The highest BCUT2D eigenvalue weighted by Crippen LogP contribution is 2.31. The second-order valence-corrected chi connectivity index (χ2v) is 6.06. The van der Waals surface area contributed by atoms with Crippen LogP contribution < -0.4 is 9.77 Å². The highest BCUT2D eigenvalue weighted by Gasteiger charge is 2.28. The van der Waals surface area contributed by atoms with Crippen molar-refractivity contribution in [1.29, 1.82) is 0 Å². The van der Waals surface area contributed by atoms with E-state index in [1.54, 1.807) is 17.9 Å². The van der Waals surface area contributed by atoms with Crippen LogP contribution >= 0.6 is 11.3 Å². The largest absolute Gasteiger partial charge is 0.316 e. The van der Waals surface area contributed by atoms with Gasteiger partial charge in [0.15, 0.2) is 5.78 Å². The summed E-state index contributed by atoms with van der Waals surface area (Å²) in [6.07, 6.45) is 0.723. The summed E-state index contributed by atoms with van der Waals surface area (Å²) in [7, 11) is 0. The standard InChI is InChI=1S/C15H14N2O3S/c1-8-13(21-15(20)16-8)14(19)17-6-5-11-7-10(9(2)18)3-4-12(11)17/h3-4,7H,5-6H2,1-2H3,(H,16,20). The molecule has 108 valence electrons. The lowest BCUT2D eigenvalue weighted by molar-refractivity contribution is 0.0990. The van der Waals surface area contributed by atoms with E-state index >= 15 is 0 Å². The van der Waals surface area contributed by atoms with Gasteiger partial charge in [0.2, 0.25) is 0 Å². The van der Waals surface area contributed by atoms with Crippen LogP contribution in [-0.2, 0) is 6.42 Å². The number of aryl methyl sites for hydroxylation is 1. The molecule has 1 N–H and O–H groups in total. The van der Waals surface area contributed by atoms with E-state index in [1.807, 2.05) is 12.1 Å². The van der Waals surface area contributed by atoms with Crippen LogP contribution in [0.2, 0.25) is 0 Å². The van der Waals surface area contributed by atoms with Gasteiger partial charge in [-0.1, -0.05) is 11.3 Å². The molecule has 0 radical (unpaired) electrons. The van der Waals surface area contributed by atoms with Crippen molar-refractivity contribution < 1.29 is 9.59 Å². The zero-order valence-corrected chi connectivity index (χ0v) is 12.5. The number of hydrogen-bond donors (Lipinski definition) is 1. The first kappa shape index (κ1) is 13.8. The summed E-state index contributed by atoms with van der Waals surface area (Å²) < 4.78 is 0. The molecule has 2 aromatic rings. The number of amides is 1. The topological polar surface area (TPSA) is 70.2 Å². The van der Waals surface area contributed by atoms with Gasteiger partial charge in [0.25, 0.3) is 5.91 Å². The van der Waals surface area contributed by atoms with Crippen molar-refractivity contribution in [3.05, 3.63) is 49.6 Å². The maximum Gasteiger partial charge on any atom is 0.305 e. The zero-order chi connectivity index (χ0) is 15.1. The van der Waals surface area contributed by atoms with E-state index in [-0.39, 0.29) is 16.6 Å². The normalized spacial score (nSPS) is 13.3. The zero-order valence-electron chi connectivity index (χ0n) is 11.7. The smallest absolute Gasteiger partial charge is 0.305 e. The van der Waals surface area contributed by atoms with Crippen molar-refractivity contribution in [3.8, 4) is 0 Å². The number of aromatic nitrogens is 1. The number of fused-ring (bicyclic) bond motifs is 1. The number of carbonyl (C=O) groups excluding carboxylic acids is 2. The average Bonchev–Trinajstić information content (AvgIpc) is 3.00. The Morgan fingerprint density at radius 1 is 1.33 bits per heavy atom. The predicted octanol–water partition coefficient (Wildman–Crippen LogP) is 2.15. The van der Waals surface area contributed by atoms with Crippen molar-refractivity contribution in [2.24, 2.45) is 0 Å². The molecule has 0 bridgehead atoms. The summed E-state index contributed by atoms with van der Waals surface area (Å²) in [5.41, 5.74) is 3.08. The second kappa shape index (κ2) is 4.96. The van der Waals surface area contributed by atoms with Crippen LogP contribution in [-0.4, -0.2) is 23.2 Å². The number of benzene rings is 1. The number of anilines is 1. The average molecular weight is 302 g/mol. The van der Waals surface area contributed by atoms with Gasteiger partial charge in [-0.05, 0) is 44.0 Å². The molecule has 0 atom stereocenters. The van der Waals surface area contributed by atoms with E-state index in [0.29, 0.717) is 22.7 Å². The molecule has 0 fully saturated rings. The van der Waals surface area contributed by atoms with Gasteiger partial charge in [-0.25, -0.2) is 0 Å². The van der Waals surface area contributed by atoms with Crippen molar-refractivity contribution >= 4 is 28.7 Å². The molecule has 0 saturated carbocycles. The van der Waals surface area contributed by atoms with Crippen molar-refractivity contribution in [3.63, 3.8) is 0 Å². The molecular weight excluding hydrogens is 288 g/mol. The van der Waals surface area contributed by atoms with Gasteiger partial charge in [-0.15, -0.1) is 0 Å². The van der Waals surface area contributed by atoms with Crippen LogP contribution in [0.3, 0.4) is 0 Å². The van der Waals surface area contributed by atoms with Gasteiger partial charge >= 0.3 is 4.87 Å². The number of carbonyl (C=O) groups is 2. The van der Waals surface area contributed by atoms with Crippen LogP contribution in [0.1, 0.15) is 38.2 Å². The molecule has 5 nitrogen and oxygen atoms in total. The maximum atomic E-state index is 12.6. The molecular formula is C15H14N2O3S. The van der Waals surface area contributed by atoms with Gasteiger partial charge in [0.1, 0.15) is 4.88 Å². The summed E-state index contributed by atoms with van der Waals surface area (Å²) in [5.74, 6) is -0.146. The van der Waals surface area contributed by atoms with Gasteiger partial charge in [-0.2, -0.15) is 0 Å². The van der Waals surface area contributed by atoms with Crippen molar-refractivity contribution in [2.45, 2.75) is 20.3 Å². The Morgan fingerprint density at radius 2 is 2.10 bits per heavy atom. The van der Waals surface area contributed by atoms with E-state index < -0.39 is 0 Å². The van der Waals surface area contributed by atoms with Crippen LogP contribution in [0.25, 0.3) is 0 Å². The minimum Gasteiger partial charge on any atom is -0.316 e. The van der Waals surface area contributed by atoms with E-state index in [4.69, 9.17) is 0 Å². The molecule has 3 rings (SSSR count). The molecule has 2 heterocycles. The lowest BCUT2D eigenvalue weighted by Gasteiger charge is -2.16. The van der Waals surface area contributed by atoms with Crippen LogP contribution in [0.5, 0.6) is 0 Å². The van der Waals surface area contributed by atoms with E-state index in [9.17, 15) is 14.4 Å². The molecule has 6 heteroatoms. The second-order valence-electron chi connectivity index (χ2n) is 5.08. The molecule has 0 spiro atoms. The molecule has 1 aliphatic heterocycles. The molecule has 1 aliphatic rings. The third kappa shape index (κ3) is 2.31. The Hall–Kier alpha value is -2.21. The van der Waals surface area contributed by atoms with Gasteiger partial charge in [0.05, 0.1) is 0 Å². The number of H-pyrrole nitrogens is 1. The quantitative estimate of drug-likeness (QED) is 0.864. The Kier molecular flexibility index (Phi) is 3.25. The van der Waals surface area contributed by atoms with Crippen molar-refractivity contribution in [2.75, 3.05) is 11.4 Å². The molecule has 0 saturated heterocycles. The van der Waals surface area contributed by atoms with Crippen LogP contribution in [0.15, 0.2) is 23.0 Å². The molecule has 21 heavy (non-hydrogen) atoms. The fourth-order valence-corrected chi connectivity index (χ4v) is 3.35. The number of hydrogen-bond acceptors (Lipinski definition) is 4. The van der Waals surface area contributed by atoms with Gasteiger partial charge in [-0.3, -0.25) is 14.4 Å². The summed E-state index contributed by atoms with van der Waals surface area (Å²) in [4.78, 5) is 39.9. The van der Waals surface area contributed by atoms with Crippen LogP contribution in [0, 0.1) is 6.92 Å². The number of aromatic amines is 1. The fourth-order valence-electron chi connectivity index (χ4n) is 2.56. The Labute approximate surface area is 125 Å². The molecule has 0 aliphatic carbocycles. The number of nitrogens with one attached hydrogen (secondary N) is 1. The number of ketones is 1. The summed E-state index contributed by atoms with van der Waals surface area (Å²) in [6.45, 7) is 3.82. The summed E-state index contributed by atoms with van der Waals surface area (Å²) in [5, 5.41) is 0. The molecule has 0 unspecified atom stereocenters. The maximum absolute atomic E-state index is 12.6. The minimum absolute atomic E-state index is 0.0160. The lowest BCUT2D eigenvalue weighted by Crippen LogP contribution is -2.28. The Balaban J connectivity index is 1.98. The molecule has 1 aromatic carbocycles. The Morgan fingerprint density at radius 3 is 2.71 bits per heavy atom. The highest BCUT2D eigenvalue weighted by molar-refractivity contribution is 7.11. The number of rotatable bonds is 2. The third-order valence-electron chi connectivity index (χ3n) is 3.65. The molecule has 1 aromatic heterocycles. The van der Waals surface area contributed by atoms with Crippen LogP contribution in [0.4, 0.5) is 5.69 Å². The van der Waals surface area contributed by atoms with E-state index in [1.165, 1.54) is 6.92 Å². The van der Waals surface area contributed by atoms with E-state index in [0.717, 1.165) is 29.0 Å². The lowest BCUT2D eigenvalue weighted by atomic mass is 10.1. The number of Topliss-reactive ketones (excluding diaryl/α,β-unsaturated/α-hetero) is 1. The SMILES string of the molecule is CC(=O)c1ccc2c(c1)CCN2C(=O)c1sc(=O)[nH]c1C. The first-order valence-electron chi connectivity index (χ1n) is 6.63. The number of thiazole rings is 1. The fraction of sp³-hybridized carbons (Fsp3) is 0.267. The van der Waals surface area contributed by atoms with Gasteiger partial charge in [0, 0.05) is 23.5 Å². The first-order chi connectivity index (χ1) is 9.97. The third-order valence-corrected chi connectivity index (χ3v) is 4.62. The monoisotopic (exact) mass is 302 g/mol. The molecule has 1 amide bonds. The summed E-state index contributed by atoms with van der Waals surface area (Å²) >= 11 is 0.936.